The number of aromatic nitrogens is 1. The molecule has 0 spiro atoms. The monoisotopic (exact) mass is 225 g/mol. The number of hydrogen-bond acceptors (Lipinski definition) is 3. The van der Waals surface area contributed by atoms with Gasteiger partial charge >= 0.3 is 5.97 Å². The Morgan fingerprint density at radius 2 is 1.94 bits per heavy atom. The van der Waals surface area contributed by atoms with E-state index in [1.165, 1.54) is 19.2 Å². The van der Waals surface area contributed by atoms with Gasteiger partial charge in [-0.15, -0.1) is 0 Å². The summed E-state index contributed by atoms with van der Waals surface area (Å²) in [7, 11) is 1.35. The largest absolute Gasteiger partial charge is 0.479 e. The van der Waals surface area contributed by atoms with E-state index in [-0.39, 0.29) is 12.0 Å². The summed E-state index contributed by atoms with van der Waals surface area (Å²) in [6.07, 6.45) is -0.903. The summed E-state index contributed by atoms with van der Waals surface area (Å²) >= 11 is 0. The van der Waals surface area contributed by atoms with Crippen molar-refractivity contribution in [2.24, 2.45) is 0 Å². The van der Waals surface area contributed by atoms with E-state index in [1.54, 1.807) is 18.4 Å². The normalized spacial score (nSPS) is 12.4. The molecule has 0 aliphatic carbocycles. The van der Waals surface area contributed by atoms with Gasteiger partial charge in [-0.3, -0.25) is 4.79 Å². The predicted molar refractivity (Wildman–Crippen MR) is 58.6 cm³/mol. The summed E-state index contributed by atoms with van der Waals surface area (Å²) in [5.41, 5.74) is 1.39. The van der Waals surface area contributed by atoms with Gasteiger partial charge in [0.25, 0.3) is 0 Å². The molecule has 0 amide bonds. The third kappa shape index (κ3) is 2.70. The third-order valence-electron chi connectivity index (χ3n) is 2.46. The summed E-state index contributed by atoms with van der Waals surface area (Å²) in [5, 5.41) is 8.87. The second-order valence-electron chi connectivity index (χ2n) is 3.65. The van der Waals surface area contributed by atoms with E-state index in [2.05, 4.69) is 0 Å². The van der Waals surface area contributed by atoms with Gasteiger partial charge in [-0.2, -0.15) is 0 Å². The standard InChI is InChI=1S/C11H15NO4/c1-7-4-9(13)5-8(2)12(7)6-10(16-3)11(14)15/h4-5,10H,6H2,1-3H3,(H,14,15). The van der Waals surface area contributed by atoms with Crippen LogP contribution in [0.4, 0.5) is 0 Å². The van der Waals surface area contributed by atoms with Crippen LogP contribution in [0.5, 0.6) is 0 Å². The van der Waals surface area contributed by atoms with Gasteiger partial charge in [-0.1, -0.05) is 0 Å². The summed E-state index contributed by atoms with van der Waals surface area (Å²) < 4.78 is 6.61. The fraction of sp³-hybridized carbons (Fsp3) is 0.455. The molecule has 5 heteroatoms. The topological polar surface area (TPSA) is 68.5 Å². The second kappa shape index (κ2) is 4.94. The maximum atomic E-state index is 11.2. The van der Waals surface area contributed by atoms with Crippen LogP contribution in [0.2, 0.25) is 0 Å². The minimum absolute atomic E-state index is 0.0736. The molecule has 1 heterocycles. The Kier molecular flexibility index (Phi) is 3.84. The van der Waals surface area contributed by atoms with Gasteiger partial charge in [-0.25, -0.2) is 4.79 Å². The lowest BCUT2D eigenvalue weighted by Crippen LogP contribution is -2.30. The molecule has 0 saturated heterocycles. The molecule has 1 aromatic heterocycles. The van der Waals surface area contributed by atoms with Crippen molar-refractivity contribution in [3.63, 3.8) is 0 Å². The number of rotatable bonds is 4. The van der Waals surface area contributed by atoms with Crippen molar-refractivity contribution in [3.8, 4) is 0 Å². The first-order valence-electron chi connectivity index (χ1n) is 4.89. The molecule has 0 radical (unpaired) electrons. The summed E-state index contributed by atoms with van der Waals surface area (Å²) in [6, 6.07) is 2.95. The van der Waals surface area contributed by atoms with Crippen LogP contribution in [0.1, 0.15) is 11.4 Å². The van der Waals surface area contributed by atoms with E-state index < -0.39 is 12.1 Å². The number of hydrogen-bond donors (Lipinski definition) is 1. The number of carbonyl (C=O) groups is 1. The van der Waals surface area contributed by atoms with Gasteiger partial charge in [0, 0.05) is 30.6 Å². The molecule has 0 saturated carbocycles. The minimum Gasteiger partial charge on any atom is -0.479 e. The molecule has 0 bridgehead atoms. The van der Waals surface area contributed by atoms with Crippen molar-refractivity contribution in [1.29, 1.82) is 0 Å². The molecule has 1 aromatic rings. The maximum absolute atomic E-state index is 11.2. The van der Waals surface area contributed by atoms with E-state index in [0.29, 0.717) is 0 Å². The molecule has 0 aliphatic heterocycles. The zero-order valence-corrected chi connectivity index (χ0v) is 9.56. The van der Waals surface area contributed by atoms with Crippen LogP contribution in [-0.4, -0.2) is 28.9 Å². The van der Waals surface area contributed by atoms with Crippen molar-refractivity contribution in [2.45, 2.75) is 26.5 Å². The van der Waals surface area contributed by atoms with Crippen molar-refractivity contribution >= 4 is 5.97 Å². The van der Waals surface area contributed by atoms with Crippen LogP contribution in [-0.2, 0) is 16.1 Å². The molecule has 5 nitrogen and oxygen atoms in total. The fourth-order valence-electron chi connectivity index (χ4n) is 1.59. The molecule has 1 atom stereocenters. The molecular weight excluding hydrogens is 210 g/mol. The Hall–Kier alpha value is -1.62. The minimum atomic E-state index is -1.01. The number of ether oxygens (including phenoxy) is 1. The van der Waals surface area contributed by atoms with Crippen LogP contribution in [0, 0.1) is 13.8 Å². The highest BCUT2D eigenvalue weighted by atomic mass is 16.5. The van der Waals surface area contributed by atoms with Gasteiger partial charge in [0.1, 0.15) is 0 Å². The summed E-state index contributed by atoms with van der Waals surface area (Å²) in [6.45, 7) is 3.73. The molecule has 1 unspecified atom stereocenters. The molecule has 1 N–H and O–H groups in total. The van der Waals surface area contributed by atoms with E-state index in [0.717, 1.165) is 11.4 Å². The number of carboxylic acid groups (broad SMARTS) is 1. The summed E-state index contributed by atoms with van der Waals surface area (Å²) in [4.78, 5) is 22.0. The Balaban J connectivity index is 3.05. The van der Waals surface area contributed by atoms with Crippen molar-refractivity contribution in [3.05, 3.63) is 33.7 Å². The first-order chi connectivity index (χ1) is 7.45. The van der Waals surface area contributed by atoms with E-state index in [1.807, 2.05) is 0 Å². The zero-order chi connectivity index (χ0) is 12.3. The first kappa shape index (κ1) is 12.4. The van der Waals surface area contributed by atoms with Crippen LogP contribution >= 0.6 is 0 Å². The van der Waals surface area contributed by atoms with Crippen molar-refractivity contribution in [2.75, 3.05) is 7.11 Å². The Morgan fingerprint density at radius 1 is 1.44 bits per heavy atom. The quantitative estimate of drug-likeness (QED) is 0.813. The van der Waals surface area contributed by atoms with Crippen LogP contribution < -0.4 is 5.43 Å². The number of methoxy groups -OCH3 is 1. The number of carboxylic acids is 1. The predicted octanol–water partition coefficient (Wildman–Crippen LogP) is 0.565. The van der Waals surface area contributed by atoms with Crippen molar-refractivity contribution in [1.82, 2.24) is 4.57 Å². The van der Waals surface area contributed by atoms with Crippen LogP contribution in [0.3, 0.4) is 0 Å². The number of nitrogens with zero attached hydrogens (tertiary/aromatic N) is 1. The van der Waals surface area contributed by atoms with Gasteiger partial charge in [-0.05, 0) is 13.8 Å². The molecule has 0 aromatic carbocycles. The van der Waals surface area contributed by atoms with E-state index in [9.17, 15) is 9.59 Å². The van der Waals surface area contributed by atoms with Crippen LogP contribution in [0.25, 0.3) is 0 Å². The molecule has 88 valence electrons. The SMILES string of the molecule is COC(Cn1c(C)cc(=O)cc1C)C(=O)O. The van der Waals surface area contributed by atoms with Gasteiger partial charge in [0.15, 0.2) is 11.5 Å². The number of pyridine rings is 1. The first-order valence-corrected chi connectivity index (χ1v) is 4.89. The van der Waals surface area contributed by atoms with Gasteiger partial charge in [0.2, 0.25) is 0 Å². The molecule has 0 aliphatic rings. The van der Waals surface area contributed by atoms with Gasteiger partial charge < -0.3 is 14.4 Å². The van der Waals surface area contributed by atoms with Crippen molar-refractivity contribution < 1.29 is 14.6 Å². The molecule has 1 rings (SSSR count). The van der Waals surface area contributed by atoms with Crippen LogP contribution in [0.15, 0.2) is 16.9 Å². The average molecular weight is 225 g/mol. The Labute approximate surface area is 93.3 Å². The van der Waals surface area contributed by atoms with E-state index >= 15 is 0 Å². The Bertz CT molecular complexity index is 424. The smallest absolute Gasteiger partial charge is 0.334 e. The zero-order valence-electron chi connectivity index (χ0n) is 9.56. The third-order valence-corrected chi connectivity index (χ3v) is 2.46. The molecular formula is C11H15NO4. The Morgan fingerprint density at radius 3 is 2.31 bits per heavy atom. The second-order valence-corrected chi connectivity index (χ2v) is 3.65. The number of aliphatic carboxylic acids is 1. The maximum Gasteiger partial charge on any atom is 0.334 e. The molecule has 16 heavy (non-hydrogen) atoms. The highest BCUT2D eigenvalue weighted by Gasteiger charge is 2.18. The highest BCUT2D eigenvalue weighted by Crippen LogP contribution is 2.05. The lowest BCUT2D eigenvalue weighted by atomic mass is 10.2. The highest BCUT2D eigenvalue weighted by molar-refractivity contribution is 5.72. The van der Waals surface area contributed by atoms with Gasteiger partial charge in [0.05, 0.1) is 6.54 Å². The lowest BCUT2D eigenvalue weighted by Gasteiger charge is -2.17. The number of aryl methyl sites for hydroxylation is 2. The van der Waals surface area contributed by atoms with E-state index in [4.69, 9.17) is 9.84 Å². The average Bonchev–Trinajstić information content (AvgIpc) is 2.15. The molecule has 0 fully saturated rings. The lowest BCUT2D eigenvalue weighted by molar-refractivity contribution is -0.149. The fourth-order valence-corrected chi connectivity index (χ4v) is 1.59. The summed E-state index contributed by atoms with van der Waals surface area (Å²) in [5.74, 6) is -1.01.